The normalized spacial score (nSPS) is 11.1. The van der Waals surface area contributed by atoms with Crippen molar-refractivity contribution in [2.24, 2.45) is 0 Å². The number of thiazole rings is 1. The Morgan fingerprint density at radius 2 is 1.73 bits per heavy atom. The average molecular weight is 458 g/mol. The third-order valence-corrected chi connectivity index (χ3v) is 6.66. The van der Waals surface area contributed by atoms with Crippen LogP contribution in [0, 0.1) is 22.6 Å². The first-order valence-corrected chi connectivity index (χ1v) is 10.7. The van der Waals surface area contributed by atoms with Crippen LogP contribution in [-0.2, 0) is 0 Å². The van der Waals surface area contributed by atoms with Gasteiger partial charge < -0.3 is 14.5 Å². The van der Waals surface area contributed by atoms with Gasteiger partial charge in [0.1, 0.15) is 21.8 Å². The molecule has 0 bridgehead atoms. The van der Waals surface area contributed by atoms with Crippen LogP contribution in [-0.4, -0.2) is 28.3 Å². The summed E-state index contributed by atoms with van der Waals surface area (Å²) in [7, 11) is 3.11. The number of nitrogens with zero attached hydrogens (tertiary/aromatic N) is 2. The Morgan fingerprint density at radius 1 is 0.967 bits per heavy atom. The minimum Gasteiger partial charge on any atom is -0.497 e. The summed E-state index contributed by atoms with van der Waals surface area (Å²) in [6.07, 6.45) is 0. The smallest absolute Gasteiger partial charge is 0.278 e. The van der Waals surface area contributed by atoms with E-state index in [1.165, 1.54) is 21.5 Å². The van der Waals surface area contributed by atoms with Gasteiger partial charge in [0.05, 0.1) is 19.9 Å². The highest BCUT2D eigenvalue weighted by atomic mass is 32.1. The van der Waals surface area contributed by atoms with Gasteiger partial charge in [-0.1, -0.05) is 17.4 Å². The molecule has 154 valence electrons. The number of methoxy groups -OCH3 is 2. The van der Waals surface area contributed by atoms with Crippen LogP contribution in [0.4, 0.5) is 0 Å². The SMILES string of the molecule is COc1ccc(OC)c(-n2c(=S)[nH]c3c(sc(=S)n3-c3ccc(C)c(C)c3)c2=O)c1. The molecule has 0 radical (unpaired) electrons. The van der Waals surface area contributed by atoms with E-state index in [4.69, 9.17) is 33.9 Å². The summed E-state index contributed by atoms with van der Waals surface area (Å²) in [6.45, 7) is 4.10. The monoisotopic (exact) mass is 457 g/mol. The summed E-state index contributed by atoms with van der Waals surface area (Å²) in [5.41, 5.74) is 4.03. The molecule has 0 saturated carbocycles. The van der Waals surface area contributed by atoms with Crippen LogP contribution in [0.5, 0.6) is 11.5 Å². The molecule has 2 aromatic carbocycles. The molecule has 4 rings (SSSR count). The minimum absolute atomic E-state index is 0.240. The molecule has 2 heterocycles. The molecular formula is C21H19N3O3S3. The van der Waals surface area contributed by atoms with Crippen molar-refractivity contribution in [2.45, 2.75) is 13.8 Å². The second-order valence-corrected chi connectivity index (χ2v) is 8.79. The van der Waals surface area contributed by atoms with E-state index in [1.54, 1.807) is 32.4 Å². The van der Waals surface area contributed by atoms with E-state index < -0.39 is 0 Å². The molecule has 0 aliphatic carbocycles. The molecule has 4 aromatic rings. The number of fused-ring (bicyclic) bond motifs is 1. The van der Waals surface area contributed by atoms with Crippen molar-refractivity contribution in [1.29, 1.82) is 0 Å². The van der Waals surface area contributed by atoms with Gasteiger partial charge >= 0.3 is 0 Å². The summed E-state index contributed by atoms with van der Waals surface area (Å²) < 4.78 is 15.3. The molecule has 2 aromatic heterocycles. The van der Waals surface area contributed by atoms with Gasteiger partial charge in [-0.2, -0.15) is 0 Å². The van der Waals surface area contributed by atoms with Gasteiger partial charge in [0, 0.05) is 11.8 Å². The number of aromatic nitrogens is 3. The molecule has 0 atom stereocenters. The Hall–Kier alpha value is -2.75. The predicted molar refractivity (Wildman–Crippen MR) is 125 cm³/mol. The number of ether oxygens (including phenoxy) is 2. The topological polar surface area (TPSA) is 61.2 Å². The summed E-state index contributed by atoms with van der Waals surface area (Å²) >= 11 is 12.4. The van der Waals surface area contributed by atoms with Gasteiger partial charge in [0.15, 0.2) is 8.73 Å². The van der Waals surface area contributed by atoms with E-state index in [2.05, 4.69) is 11.9 Å². The quantitative estimate of drug-likeness (QED) is 0.423. The zero-order valence-electron chi connectivity index (χ0n) is 16.8. The summed E-state index contributed by atoms with van der Waals surface area (Å²) in [5.74, 6) is 1.10. The Kier molecular flexibility index (Phi) is 5.35. The molecule has 0 aliphatic heterocycles. The molecule has 0 fully saturated rings. The lowest BCUT2D eigenvalue weighted by Gasteiger charge is -2.13. The highest BCUT2D eigenvalue weighted by molar-refractivity contribution is 7.73. The molecule has 9 heteroatoms. The molecule has 0 saturated heterocycles. The van der Waals surface area contributed by atoms with Crippen LogP contribution in [0.1, 0.15) is 11.1 Å². The lowest BCUT2D eigenvalue weighted by molar-refractivity contribution is 0.401. The summed E-state index contributed by atoms with van der Waals surface area (Å²) in [4.78, 5) is 16.7. The maximum absolute atomic E-state index is 13.5. The number of benzene rings is 2. The third-order valence-electron chi connectivity index (χ3n) is 5.01. The lowest BCUT2D eigenvalue weighted by atomic mass is 10.1. The number of hydrogen-bond acceptors (Lipinski definition) is 6. The molecule has 0 spiro atoms. The number of rotatable bonds is 4. The van der Waals surface area contributed by atoms with Crippen LogP contribution in [0.3, 0.4) is 0 Å². The van der Waals surface area contributed by atoms with Gasteiger partial charge in [-0.25, -0.2) is 4.57 Å². The van der Waals surface area contributed by atoms with E-state index in [-0.39, 0.29) is 10.3 Å². The largest absolute Gasteiger partial charge is 0.497 e. The van der Waals surface area contributed by atoms with E-state index >= 15 is 0 Å². The van der Waals surface area contributed by atoms with E-state index in [1.807, 2.05) is 29.7 Å². The van der Waals surface area contributed by atoms with Crippen LogP contribution in [0.25, 0.3) is 21.7 Å². The first-order chi connectivity index (χ1) is 14.3. The van der Waals surface area contributed by atoms with Gasteiger partial charge in [-0.3, -0.25) is 9.36 Å². The van der Waals surface area contributed by atoms with Crippen LogP contribution in [0.2, 0.25) is 0 Å². The fourth-order valence-electron chi connectivity index (χ4n) is 3.27. The first kappa shape index (κ1) is 20.5. The minimum atomic E-state index is -0.265. The van der Waals surface area contributed by atoms with Crippen LogP contribution >= 0.6 is 35.8 Å². The lowest BCUT2D eigenvalue weighted by Crippen LogP contribution is -2.21. The molecule has 30 heavy (non-hydrogen) atoms. The number of hydrogen-bond donors (Lipinski definition) is 1. The predicted octanol–water partition coefficient (Wildman–Crippen LogP) is 5.26. The molecule has 1 N–H and O–H groups in total. The molecule has 0 amide bonds. The van der Waals surface area contributed by atoms with E-state index in [9.17, 15) is 4.79 Å². The Morgan fingerprint density at radius 3 is 2.40 bits per heavy atom. The fraction of sp³-hybridized carbons (Fsp3) is 0.190. The molecule has 0 unspecified atom stereocenters. The number of aromatic amines is 1. The highest BCUT2D eigenvalue weighted by Gasteiger charge is 2.18. The van der Waals surface area contributed by atoms with Gasteiger partial charge in [0.25, 0.3) is 5.56 Å². The van der Waals surface area contributed by atoms with Crippen LogP contribution < -0.4 is 15.0 Å². The Balaban J connectivity index is 2.04. The number of H-pyrrole nitrogens is 1. The summed E-state index contributed by atoms with van der Waals surface area (Å²) in [5, 5.41) is 0. The first-order valence-electron chi connectivity index (χ1n) is 9.06. The summed E-state index contributed by atoms with van der Waals surface area (Å²) in [6, 6.07) is 11.3. The van der Waals surface area contributed by atoms with Crippen molar-refractivity contribution in [3.8, 4) is 22.9 Å². The number of aryl methyl sites for hydroxylation is 2. The van der Waals surface area contributed by atoms with Gasteiger partial charge in [0.2, 0.25) is 0 Å². The molecule has 6 nitrogen and oxygen atoms in total. The zero-order valence-corrected chi connectivity index (χ0v) is 19.3. The van der Waals surface area contributed by atoms with Crippen molar-refractivity contribution in [2.75, 3.05) is 14.2 Å². The van der Waals surface area contributed by atoms with Crippen LogP contribution in [0.15, 0.2) is 41.2 Å². The fourth-order valence-corrected chi connectivity index (χ4v) is 4.88. The highest BCUT2D eigenvalue weighted by Crippen LogP contribution is 2.29. The maximum atomic E-state index is 13.5. The Labute approximate surface area is 187 Å². The van der Waals surface area contributed by atoms with Crippen molar-refractivity contribution in [3.63, 3.8) is 0 Å². The molecular weight excluding hydrogens is 438 g/mol. The second-order valence-electron chi connectivity index (χ2n) is 6.76. The van der Waals surface area contributed by atoms with Gasteiger partial charge in [-0.05, 0) is 73.7 Å². The van der Waals surface area contributed by atoms with E-state index in [0.717, 1.165) is 11.3 Å². The van der Waals surface area contributed by atoms with Gasteiger partial charge in [-0.15, -0.1) is 0 Å². The van der Waals surface area contributed by atoms with Crippen molar-refractivity contribution in [3.05, 3.63) is 66.6 Å². The average Bonchev–Trinajstić information content (AvgIpc) is 3.06. The number of nitrogens with one attached hydrogen (secondary N) is 1. The third kappa shape index (κ3) is 3.28. The van der Waals surface area contributed by atoms with Crippen molar-refractivity contribution >= 4 is 46.1 Å². The second kappa shape index (κ2) is 7.82. The molecule has 0 aliphatic rings. The maximum Gasteiger partial charge on any atom is 0.278 e. The van der Waals surface area contributed by atoms with Crippen molar-refractivity contribution < 1.29 is 9.47 Å². The standard InChI is InChI=1S/C21H19N3O3S3/c1-11-5-6-13(9-12(11)2)23-18-17(30-21(23)29)19(25)24(20(28)22-18)15-10-14(26-3)7-8-16(15)27-4/h5-10H,1-4H3,(H,22,28). The van der Waals surface area contributed by atoms with Crippen molar-refractivity contribution in [1.82, 2.24) is 14.1 Å². The zero-order chi connectivity index (χ0) is 21.6. The van der Waals surface area contributed by atoms with E-state index in [0.29, 0.717) is 31.5 Å². The Bertz CT molecular complexity index is 1460.